The van der Waals surface area contributed by atoms with Gasteiger partial charge in [-0.3, -0.25) is 4.79 Å². The lowest BCUT2D eigenvalue weighted by Gasteiger charge is -2.12. The van der Waals surface area contributed by atoms with E-state index < -0.39 is 0 Å². The number of hydrogen-bond acceptors (Lipinski definition) is 4. The van der Waals surface area contributed by atoms with Crippen LogP contribution < -0.4 is 10.2 Å². The zero-order valence-corrected chi connectivity index (χ0v) is 11.2. The second-order valence-electron chi connectivity index (χ2n) is 4.46. The van der Waals surface area contributed by atoms with E-state index in [1.807, 2.05) is 50.2 Å². The quantitative estimate of drug-likeness (QED) is 0.913. The first-order valence-corrected chi connectivity index (χ1v) is 5.95. The fraction of sp³-hybridized carbons (Fsp3) is 0.214. The van der Waals surface area contributed by atoms with Crippen LogP contribution in [0.1, 0.15) is 16.2 Å². The van der Waals surface area contributed by atoms with Crippen molar-refractivity contribution in [1.29, 1.82) is 0 Å². The topological polar surface area (TPSA) is 58.1 Å². The van der Waals surface area contributed by atoms with Gasteiger partial charge in [0.25, 0.3) is 5.91 Å². The Labute approximate surface area is 112 Å². The first-order valence-electron chi connectivity index (χ1n) is 5.95. The van der Waals surface area contributed by atoms with Gasteiger partial charge in [-0.15, -0.1) is 5.10 Å². The Balaban J connectivity index is 2.08. The molecule has 0 aliphatic rings. The third-order valence-corrected chi connectivity index (χ3v) is 2.67. The molecule has 1 N–H and O–H groups in total. The summed E-state index contributed by atoms with van der Waals surface area (Å²) in [5, 5.41) is 10.5. The molecule has 98 valence electrons. The molecular weight excluding hydrogens is 240 g/mol. The molecule has 1 aromatic carbocycles. The van der Waals surface area contributed by atoms with Gasteiger partial charge in [-0.1, -0.05) is 0 Å². The monoisotopic (exact) mass is 256 g/mol. The van der Waals surface area contributed by atoms with E-state index in [0.29, 0.717) is 5.69 Å². The number of amides is 1. The summed E-state index contributed by atoms with van der Waals surface area (Å²) in [6.45, 7) is 1.83. The lowest BCUT2D eigenvalue weighted by Crippen LogP contribution is -2.14. The molecule has 1 aromatic heterocycles. The van der Waals surface area contributed by atoms with Gasteiger partial charge in [0.1, 0.15) is 0 Å². The van der Waals surface area contributed by atoms with Crippen molar-refractivity contribution in [2.24, 2.45) is 0 Å². The molecule has 2 rings (SSSR count). The van der Waals surface area contributed by atoms with Crippen LogP contribution in [0.3, 0.4) is 0 Å². The number of nitrogens with one attached hydrogen (secondary N) is 1. The summed E-state index contributed by atoms with van der Waals surface area (Å²) in [7, 11) is 3.94. The minimum Gasteiger partial charge on any atom is -0.378 e. The van der Waals surface area contributed by atoms with Crippen LogP contribution in [0.15, 0.2) is 36.4 Å². The zero-order chi connectivity index (χ0) is 13.8. The van der Waals surface area contributed by atoms with Crippen molar-refractivity contribution in [2.45, 2.75) is 6.92 Å². The molecule has 0 saturated carbocycles. The van der Waals surface area contributed by atoms with Crippen LogP contribution in [0.2, 0.25) is 0 Å². The fourth-order valence-corrected chi connectivity index (χ4v) is 1.56. The second-order valence-corrected chi connectivity index (χ2v) is 4.46. The molecule has 1 heterocycles. The normalized spacial score (nSPS) is 10.1. The van der Waals surface area contributed by atoms with Gasteiger partial charge in [-0.05, 0) is 43.3 Å². The highest BCUT2D eigenvalue weighted by molar-refractivity contribution is 6.02. The van der Waals surface area contributed by atoms with Crippen molar-refractivity contribution >= 4 is 17.3 Å². The third kappa shape index (κ3) is 3.28. The number of hydrogen-bond donors (Lipinski definition) is 1. The maximum Gasteiger partial charge on any atom is 0.276 e. The van der Waals surface area contributed by atoms with E-state index >= 15 is 0 Å². The highest BCUT2D eigenvalue weighted by atomic mass is 16.1. The summed E-state index contributed by atoms with van der Waals surface area (Å²) in [6, 6.07) is 11.0. The lowest BCUT2D eigenvalue weighted by atomic mass is 10.2. The molecule has 2 aromatic rings. The Morgan fingerprint density at radius 2 is 1.74 bits per heavy atom. The largest absolute Gasteiger partial charge is 0.378 e. The first-order chi connectivity index (χ1) is 9.06. The summed E-state index contributed by atoms with van der Waals surface area (Å²) >= 11 is 0. The minimum absolute atomic E-state index is 0.259. The minimum atomic E-state index is -0.259. The molecule has 0 atom stereocenters. The average molecular weight is 256 g/mol. The van der Waals surface area contributed by atoms with Crippen LogP contribution >= 0.6 is 0 Å². The van der Waals surface area contributed by atoms with Crippen LogP contribution in [0, 0.1) is 6.92 Å². The molecule has 1 amide bonds. The van der Waals surface area contributed by atoms with Gasteiger partial charge in [-0.25, -0.2) is 0 Å². The Kier molecular flexibility index (Phi) is 3.75. The van der Waals surface area contributed by atoms with E-state index in [1.54, 1.807) is 12.1 Å². The van der Waals surface area contributed by atoms with Crippen LogP contribution in [-0.4, -0.2) is 30.2 Å². The molecule has 0 saturated heterocycles. The lowest BCUT2D eigenvalue weighted by molar-refractivity contribution is 0.102. The first kappa shape index (κ1) is 13.0. The SMILES string of the molecule is Cc1ccc(C(=O)Nc2ccc(N(C)C)cc2)nn1. The summed E-state index contributed by atoms with van der Waals surface area (Å²) < 4.78 is 0. The Morgan fingerprint density at radius 3 is 2.26 bits per heavy atom. The van der Waals surface area contributed by atoms with Crippen molar-refractivity contribution in [1.82, 2.24) is 10.2 Å². The van der Waals surface area contributed by atoms with Crippen molar-refractivity contribution in [3.63, 3.8) is 0 Å². The van der Waals surface area contributed by atoms with Crippen LogP contribution in [0.5, 0.6) is 0 Å². The second kappa shape index (κ2) is 5.48. The van der Waals surface area contributed by atoms with Crippen molar-refractivity contribution < 1.29 is 4.79 Å². The predicted octanol–water partition coefficient (Wildman–Crippen LogP) is 2.10. The van der Waals surface area contributed by atoms with E-state index in [1.165, 1.54) is 0 Å². The van der Waals surface area contributed by atoms with E-state index in [0.717, 1.165) is 17.1 Å². The molecule has 0 unspecified atom stereocenters. The standard InChI is InChI=1S/C14H16N4O/c1-10-4-9-13(17-16-10)14(19)15-11-5-7-12(8-6-11)18(2)3/h4-9H,1-3H3,(H,15,19). The molecule has 0 aliphatic carbocycles. The van der Waals surface area contributed by atoms with Crippen molar-refractivity contribution in [3.05, 3.63) is 47.8 Å². The van der Waals surface area contributed by atoms with Gasteiger partial charge in [0.2, 0.25) is 0 Å². The zero-order valence-electron chi connectivity index (χ0n) is 11.2. The molecule has 5 heteroatoms. The Hall–Kier alpha value is -2.43. The fourth-order valence-electron chi connectivity index (χ4n) is 1.56. The molecule has 0 bridgehead atoms. The number of aromatic nitrogens is 2. The van der Waals surface area contributed by atoms with Gasteiger partial charge in [0.15, 0.2) is 5.69 Å². The summed E-state index contributed by atoms with van der Waals surface area (Å²) in [4.78, 5) is 13.9. The molecule has 0 spiro atoms. The van der Waals surface area contributed by atoms with Crippen LogP contribution in [0.4, 0.5) is 11.4 Å². The van der Waals surface area contributed by atoms with E-state index in [2.05, 4.69) is 15.5 Å². The van der Waals surface area contributed by atoms with E-state index in [4.69, 9.17) is 0 Å². The van der Waals surface area contributed by atoms with E-state index in [9.17, 15) is 4.79 Å². The maximum atomic E-state index is 11.9. The molecule has 0 fully saturated rings. The smallest absolute Gasteiger partial charge is 0.276 e. The molecule has 19 heavy (non-hydrogen) atoms. The Morgan fingerprint density at radius 1 is 1.05 bits per heavy atom. The summed E-state index contributed by atoms with van der Waals surface area (Å²) in [5.74, 6) is -0.259. The molecule has 0 aliphatic heterocycles. The highest BCUT2D eigenvalue weighted by Crippen LogP contribution is 2.16. The number of carbonyl (C=O) groups excluding carboxylic acids is 1. The number of carbonyl (C=O) groups is 1. The van der Waals surface area contributed by atoms with Crippen LogP contribution in [-0.2, 0) is 0 Å². The van der Waals surface area contributed by atoms with Gasteiger partial charge < -0.3 is 10.2 Å². The molecule has 5 nitrogen and oxygen atoms in total. The number of benzene rings is 1. The average Bonchev–Trinajstić information content (AvgIpc) is 2.40. The summed E-state index contributed by atoms with van der Waals surface area (Å²) in [6.07, 6.45) is 0. The summed E-state index contributed by atoms with van der Waals surface area (Å²) in [5.41, 5.74) is 2.90. The number of rotatable bonds is 3. The molecule has 0 radical (unpaired) electrons. The highest BCUT2D eigenvalue weighted by Gasteiger charge is 2.08. The van der Waals surface area contributed by atoms with Gasteiger partial charge in [0.05, 0.1) is 5.69 Å². The van der Waals surface area contributed by atoms with Crippen molar-refractivity contribution in [2.75, 3.05) is 24.3 Å². The van der Waals surface area contributed by atoms with Gasteiger partial charge >= 0.3 is 0 Å². The third-order valence-electron chi connectivity index (χ3n) is 2.67. The van der Waals surface area contributed by atoms with Crippen LogP contribution in [0.25, 0.3) is 0 Å². The predicted molar refractivity (Wildman–Crippen MR) is 75.5 cm³/mol. The van der Waals surface area contributed by atoms with Gasteiger partial charge in [-0.2, -0.15) is 5.10 Å². The number of anilines is 2. The van der Waals surface area contributed by atoms with Gasteiger partial charge in [0, 0.05) is 25.5 Å². The number of nitrogens with zero attached hydrogens (tertiary/aromatic N) is 3. The number of aryl methyl sites for hydroxylation is 1. The molecular formula is C14H16N4O. The van der Waals surface area contributed by atoms with Crippen molar-refractivity contribution in [3.8, 4) is 0 Å². The Bertz CT molecular complexity index is 561. The maximum absolute atomic E-state index is 11.9. The van der Waals surface area contributed by atoms with E-state index in [-0.39, 0.29) is 5.91 Å².